The molecule has 0 radical (unpaired) electrons. The van der Waals surface area contributed by atoms with Gasteiger partial charge in [-0.25, -0.2) is 4.98 Å². The average molecular weight is 346 g/mol. The third kappa shape index (κ3) is 3.69. The van der Waals surface area contributed by atoms with Crippen LogP contribution in [-0.2, 0) is 0 Å². The summed E-state index contributed by atoms with van der Waals surface area (Å²) in [7, 11) is 0. The predicted molar refractivity (Wildman–Crippen MR) is 102 cm³/mol. The molecule has 26 heavy (non-hydrogen) atoms. The van der Waals surface area contributed by atoms with Crippen LogP contribution in [0.5, 0.6) is 5.88 Å². The largest absolute Gasteiger partial charge is 0.474 e. The van der Waals surface area contributed by atoms with E-state index in [2.05, 4.69) is 10.3 Å². The van der Waals surface area contributed by atoms with Crippen molar-refractivity contribution in [3.05, 3.63) is 72.4 Å². The minimum atomic E-state index is 0.0101. The van der Waals surface area contributed by atoms with Crippen molar-refractivity contribution in [1.29, 1.82) is 0 Å². The van der Waals surface area contributed by atoms with Crippen LogP contribution in [0.25, 0.3) is 10.8 Å². The van der Waals surface area contributed by atoms with E-state index in [-0.39, 0.29) is 18.1 Å². The highest BCUT2D eigenvalue weighted by Gasteiger charge is 2.24. The van der Waals surface area contributed by atoms with Crippen LogP contribution >= 0.6 is 0 Å². The summed E-state index contributed by atoms with van der Waals surface area (Å²) in [4.78, 5) is 17.0. The van der Waals surface area contributed by atoms with Crippen LogP contribution in [-0.4, -0.2) is 23.0 Å². The number of carbonyl (C=O) groups excluding carboxylic acids is 1. The number of amides is 1. The molecule has 1 aliphatic carbocycles. The van der Waals surface area contributed by atoms with Gasteiger partial charge in [-0.1, -0.05) is 42.5 Å². The number of benzene rings is 2. The Morgan fingerprint density at radius 2 is 1.69 bits per heavy atom. The zero-order valence-corrected chi connectivity index (χ0v) is 14.6. The van der Waals surface area contributed by atoms with Gasteiger partial charge in [0.2, 0.25) is 5.88 Å². The van der Waals surface area contributed by atoms with Crippen molar-refractivity contribution in [1.82, 2.24) is 10.3 Å². The van der Waals surface area contributed by atoms with Gasteiger partial charge in [0.25, 0.3) is 5.91 Å². The second-order valence-electron chi connectivity index (χ2n) is 6.76. The van der Waals surface area contributed by atoms with E-state index >= 15 is 0 Å². The molecule has 3 aromatic rings. The minimum absolute atomic E-state index is 0.0101. The maximum absolute atomic E-state index is 12.7. The van der Waals surface area contributed by atoms with Crippen molar-refractivity contribution in [2.45, 2.75) is 37.8 Å². The van der Waals surface area contributed by atoms with Crippen molar-refractivity contribution < 1.29 is 9.53 Å². The summed E-state index contributed by atoms with van der Waals surface area (Å²) in [5, 5.41) is 5.29. The molecule has 0 unspecified atom stereocenters. The van der Waals surface area contributed by atoms with E-state index in [9.17, 15) is 4.79 Å². The molecule has 132 valence electrons. The van der Waals surface area contributed by atoms with Crippen molar-refractivity contribution in [3.63, 3.8) is 0 Å². The van der Waals surface area contributed by atoms with Crippen LogP contribution in [0.4, 0.5) is 0 Å². The summed E-state index contributed by atoms with van der Waals surface area (Å²) in [6.07, 6.45) is 5.62. The van der Waals surface area contributed by atoms with Gasteiger partial charge in [0.05, 0.1) is 0 Å². The highest BCUT2D eigenvalue weighted by molar-refractivity contribution is 6.07. The van der Waals surface area contributed by atoms with Crippen molar-refractivity contribution >= 4 is 16.7 Å². The molecule has 1 amide bonds. The average Bonchev–Trinajstić information content (AvgIpc) is 2.70. The van der Waals surface area contributed by atoms with Gasteiger partial charge in [-0.05, 0) is 48.6 Å². The summed E-state index contributed by atoms with van der Waals surface area (Å²) in [5.74, 6) is 0.687. The third-order valence-electron chi connectivity index (χ3n) is 4.97. The molecule has 0 bridgehead atoms. The minimum Gasteiger partial charge on any atom is -0.474 e. The highest BCUT2D eigenvalue weighted by atomic mass is 16.5. The fraction of sp³-hybridized carbons (Fsp3) is 0.273. The Bertz CT molecular complexity index is 882. The van der Waals surface area contributed by atoms with Gasteiger partial charge in [0.15, 0.2) is 0 Å². The summed E-state index contributed by atoms with van der Waals surface area (Å²) < 4.78 is 5.93. The topological polar surface area (TPSA) is 51.2 Å². The third-order valence-corrected chi connectivity index (χ3v) is 4.97. The van der Waals surface area contributed by atoms with Gasteiger partial charge in [-0.2, -0.15) is 0 Å². The van der Waals surface area contributed by atoms with Gasteiger partial charge in [0.1, 0.15) is 6.10 Å². The quantitative estimate of drug-likeness (QED) is 0.764. The number of carbonyl (C=O) groups is 1. The summed E-state index contributed by atoms with van der Waals surface area (Å²) in [6, 6.07) is 19.8. The molecule has 4 heteroatoms. The summed E-state index contributed by atoms with van der Waals surface area (Å²) >= 11 is 0. The van der Waals surface area contributed by atoms with Crippen LogP contribution in [0, 0.1) is 0 Å². The number of pyridine rings is 1. The molecule has 0 spiro atoms. The number of ether oxygens (including phenoxy) is 1. The second-order valence-corrected chi connectivity index (χ2v) is 6.76. The number of fused-ring (bicyclic) bond motifs is 1. The van der Waals surface area contributed by atoms with E-state index in [1.165, 1.54) is 0 Å². The first-order chi connectivity index (χ1) is 12.8. The Morgan fingerprint density at radius 1 is 0.923 bits per heavy atom. The molecule has 1 fully saturated rings. The van der Waals surface area contributed by atoms with E-state index in [1.54, 1.807) is 6.20 Å². The van der Waals surface area contributed by atoms with Gasteiger partial charge < -0.3 is 10.1 Å². The van der Waals surface area contributed by atoms with E-state index in [0.29, 0.717) is 5.88 Å². The van der Waals surface area contributed by atoms with E-state index in [4.69, 9.17) is 4.74 Å². The van der Waals surface area contributed by atoms with Crippen LogP contribution in [0.1, 0.15) is 36.0 Å². The molecule has 0 saturated heterocycles. The first-order valence-corrected chi connectivity index (χ1v) is 9.16. The molecule has 4 rings (SSSR count). The van der Waals surface area contributed by atoms with Crippen molar-refractivity contribution in [2.24, 2.45) is 0 Å². The van der Waals surface area contributed by atoms with E-state index in [1.807, 2.05) is 60.7 Å². The molecule has 2 aromatic carbocycles. The molecule has 4 nitrogen and oxygen atoms in total. The normalized spacial score (nSPS) is 19.8. The molecule has 1 heterocycles. The Morgan fingerprint density at radius 3 is 2.50 bits per heavy atom. The van der Waals surface area contributed by atoms with Crippen LogP contribution < -0.4 is 10.1 Å². The lowest BCUT2D eigenvalue weighted by Gasteiger charge is -2.29. The lowest BCUT2D eigenvalue weighted by molar-refractivity contribution is 0.0892. The predicted octanol–water partition coefficient (Wildman–Crippen LogP) is 4.35. The fourth-order valence-electron chi connectivity index (χ4n) is 3.60. The number of nitrogens with zero attached hydrogens (tertiary/aromatic N) is 1. The molecule has 0 atom stereocenters. The Labute approximate surface area is 153 Å². The molecule has 1 saturated carbocycles. The maximum Gasteiger partial charge on any atom is 0.252 e. The Hall–Kier alpha value is -2.88. The lowest BCUT2D eigenvalue weighted by Crippen LogP contribution is -2.39. The van der Waals surface area contributed by atoms with Gasteiger partial charge >= 0.3 is 0 Å². The molecule has 0 aliphatic heterocycles. The zero-order chi connectivity index (χ0) is 17.8. The number of hydrogen-bond donors (Lipinski definition) is 1. The number of nitrogens with one attached hydrogen (secondary N) is 1. The van der Waals surface area contributed by atoms with Gasteiger partial charge in [-0.3, -0.25) is 4.79 Å². The first-order valence-electron chi connectivity index (χ1n) is 9.16. The Balaban J connectivity index is 1.36. The van der Waals surface area contributed by atoms with Crippen LogP contribution in [0.2, 0.25) is 0 Å². The van der Waals surface area contributed by atoms with Gasteiger partial charge in [0, 0.05) is 23.9 Å². The molecular weight excluding hydrogens is 324 g/mol. The first kappa shape index (κ1) is 16.6. The van der Waals surface area contributed by atoms with Crippen molar-refractivity contribution in [2.75, 3.05) is 0 Å². The fourth-order valence-corrected chi connectivity index (χ4v) is 3.60. The van der Waals surface area contributed by atoms with Crippen LogP contribution in [0.15, 0.2) is 66.9 Å². The highest BCUT2D eigenvalue weighted by Crippen LogP contribution is 2.24. The smallest absolute Gasteiger partial charge is 0.252 e. The maximum atomic E-state index is 12.7. The standard InChI is InChI=1S/C22H22N2O2/c25-22(20-9-5-7-16-6-1-2-8-19(16)20)24-17-11-13-18(14-12-17)26-21-10-3-4-15-23-21/h1-10,15,17-18H,11-14H2,(H,24,25). The number of rotatable bonds is 4. The monoisotopic (exact) mass is 346 g/mol. The molecule has 1 N–H and O–H groups in total. The molecular formula is C22H22N2O2. The Kier molecular flexibility index (Phi) is 4.82. The second kappa shape index (κ2) is 7.56. The number of aromatic nitrogens is 1. The van der Waals surface area contributed by atoms with Gasteiger partial charge in [-0.15, -0.1) is 0 Å². The molecule has 1 aliphatic rings. The lowest BCUT2D eigenvalue weighted by atomic mass is 9.92. The number of hydrogen-bond acceptors (Lipinski definition) is 3. The SMILES string of the molecule is O=C(NC1CCC(Oc2ccccn2)CC1)c1cccc2ccccc12. The van der Waals surface area contributed by atoms with E-state index in [0.717, 1.165) is 42.0 Å². The summed E-state index contributed by atoms with van der Waals surface area (Å²) in [6.45, 7) is 0. The van der Waals surface area contributed by atoms with E-state index < -0.39 is 0 Å². The van der Waals surface area contributed by atoms with Crippen LogP contribution in [0.3, 0.4) is 0 Å². The zero-order valence-electron chi connectivity index (χ0n) is 14.6. The van der Waals surface area contributed by atoms with Crippen molar-refractivity contribution in [3.8, 4) is 5.88 Å². The summed E-state index contributed by atoms with van der Waals surface area (Å²) in [5.41, 5.74) is 0.745. The molecule has 1 aromatic heterocycles.